The van der Waals surface area contributed by atoms with Crippen LogP contribution >= 0.6 is 0 Å². The van der Waals surface area contributed by atoms with E-state index in [1.807, 2.05) is 37.8 Å². The van der Waals surface area contributed by atoms with E-state index in [0.29, 0.717) is 0 Å². The topological polar surface area (TPSA) is 44.8 Å². The number of rotatable bonds is 7. The van der Waals surface area contributed by atoms with E-state index in [0.717, 1.165) is 17.1 Å². The van der Waals surface area contributed by atoms with Crippen molar-refractivity contribution in [1.82, 2.24) is 0 Å². The molecule has 0 saturated heterocycles. The second-order valence-electron chi connectivity index (χ2n) is 9.00. The molecule has 0 spiro atoms. The van der Waals surface area contributed by atoms with Crippen LogP contribution in [0.1, 0.15) is 5.56 Å². The van der Waals surface area contributed by atoms with Crippen LogP contribution < -0.4 is 8.85 Å². The normalized spacial score (nSPS) is 12.7. The Morgan fingerprint density at radius 2 is 1.17 bits per heavy atom. The van der Waals surface area contributed by atoms with E-state index in [2.05, 4.69) is 39.3 Å². The van der Waals surface area contributed by atoms with E-state index in [1.165, 1.54) is 0 Å². The summed E-state index contributed by atoms with van der Waals surface area (Å²) in [5.74, 6) is 1.37. The van der Waals surface area contributed by atoms with E-state index >= 15 is 0 Å². The van der Waals surface area contributed by atoms with Crippen LogP contribution in [0, 0.1) is 0 Å². The lowest BCUT2D eigenvalue weighted by Gasteiger charge is -2.24. The average Bonchev–Trinajstić information content (AvgIpc) is 2.19. The standard InChI is InChI=1S/C17H32O4Si3/c1-22(2,3)19-15-10-14(12-17(18)21-24(7,8)9)11-16(13-15)20-23(4,5)6/h10-11,13H,12H2,1-9H3. The summed E-state index contributed by atoms with van der Waals surface area (Å²) in [4.78, 5) is 12.2. The number of carbonyl (C=O) groups is 1. The van der Waals surface area contributed by atoms with Crippen molar-refractivity contribution in [2.45, 2.75) is 65.3 Å². The van der Waals surface area contributed by atoms with Gasteiger partial charge >= 0.3 is 0 Å². The summed E-state index contributed by atoms with van der Waals surface area (Å²) < 4.78 is 17.8. The summed E-state index contributed by atoms with van der Waals surface area (Å²) >= 11 is 0. The van der Waals surface area contributed by atoms with Crippen molar-refractivity contribution >= 4 is 30.9 Å². The summed E-state index contributed by atoms with van der Waals surface area (Å²) in [6, 6.07) is 5.80. The Morgan fingerprint density at radius 3 is 1.50 bits per heavy atom. The van der Waals surface area contributed by atoms with Gasteiger partial charge < -0.3 is 13.3 Å². The third-order valence-corrected chi connectivity index (χ3v) is 5.09. The predicted molar refractivity (Wildman–Crippen MR) is 108 cm³/mol. The summed E-state index contributed by atoms with van der Waals surface area (Å²) in [7, 11) is -5.34. The SMILES string of the molecule is C[Si](C)(C)OC(=O)Cc1cc(O[Si](C)(C)C)cc(O[Si](C)(C)C)c1. The van der Waals surface area contributed by atoms with Gasteiger partial charge in [0.25, 0.3) is 5.97 Å². The monoisotopic (exact) mass is 384 g/mol. The maximum Gasteiger partial charge on any atom is 0.296 e. The lowest BCUT2D eigenvalue weighted by molar-refractivity contribution is -0.134. The highest BCUT2D eigenvalue weighted by Gasteiger charge is 2.23. The highest BCUT2D eigenvalue weighted by Crippen LogP contribution is 2.27. The van der Waals surface area contributed by atoms with Gasteiger partial charge in [-0.3, -0.25) is 4.79 Å². The van der Waals surface area contributed by atoms with Crippen LogP contribution in [0.25, 0.3) is 0 Å². The van der Waals surface area contributed by atoms with Crippen molar-refractivity contribution < 1.29 is 18.1 Å². The minimum atomic E-state index is -1.88. The van der Waals surface area contributed by atoms with E-state index < -0.39 is 25.0 Å². The maximum absolute atomic E-state index is 12.2. The Bertz CT molecular complexity index is 547. The van der Waals surface area contributed by atoms with Gasteiger partial charge in [-0.25, -0.2) is 0 Å². The fraction of sp³-hybridized carbons (Fsp3) is 0.588. The van der Waals surface area contributed by atoms with Gasteiger partial charge in [-0.05, 0) is 76.6 Å². The molecule has 0 saturated carbocycles. The Morgan fingerprint density at radius 1 is 0.750 bits per heavy atom. The molecule has 1 aromatic rings. The second-order valence-corrected chi connectivity index (χ2v) is 22.3. The first-order valence-electron chi connectivity index (χ1n) is 8.37. The van der Waals surface area contributed by atoms with Crippen molar-refractivity contribution in [2.75, 3.05) is 0 Å². The molecule has 1 aromatic carbocycles. The molecule has 0 radical (unpaired) electrons. The first kappa shape index (κ1) is 21.0. The predicted octanol–water partition coefficient (Wildman–Crippen LogP) is 5.03. The molecule has 0 atom stereocenters. The molecular weight excluding hydrogens is 352 g/mol. The molecule has 1 rings (SSSR count). The van der Waals surface area contributed by atoms with Crippen LogP contribution in [0.5, 0.6) is 11.5 Å². The highest BCUT2D eigenvalue weighted by molar-refractivity contribution is 6.71. The summed E-state index contributed by atoms with van der Waals surface area (Å²) in [6.45, 7) is 18.9. The number of benzene rings is 1. The fourth-order valence-electron chi connectivity index (χ4n) is 2.10. The Kier molecular flexibility index (Phi) is 6.51. The molecule has 24 heavy (non-hydrogen) atoms. The van der Waals surface area contributed by atoms with Gasteiger partial charge in [0.1, 0.15) is 11.5 Å². The minimum Gasteiger partial charge on any atom is -0.544 e. The van der Waals surface area contributed by atoms with E-state index in [-0.39, 0.29) is 12.4 Å². The van der Waals surface area contributed by atoms with Gasteiger partial charge in [-0.2, -0.15) is 0 Å². The first-order valence-corrected chi connectivity index (χ1v) is 18.6. The fourth-order valence-corrected chi connectivity index (χ4v) is 4.51. The second kappa shape index (κ2) is 7.45. The summed E-state index contributed by atoms with van der Waals surface area (Å²) in [6.07, 6.45) is 0.245. The van der Waals surface area contributed by atoms with E-state index in [4.69, 9.17) is 13.3 Å². The molecule has 0 aromatic heterocycles. The van der Waals surface area contributed by atoms with Crippen LogP contribution in [0.3, 0.4) is 0 Å². The maximum atomic E-state index is 12.2. The molecule has 7 heteroatoms. The largest absolute Gasteiger partial charge is 0.544 e. The first-order chi connectivity index (χ1) is 10.6. The molecule has 0 bridgehead atoms. The minimum absolute atomic E-state index is 0.182. The highest BCUT2D eigenvalue weighted by atomic mass is 28.4. The van der Waals surface area contributed by atoms with Crippen molar-refractivity contribution in [3.8, 4) is 11.5 Å². The lowest BCUT2D eigenvalue weighted by atomic mass is 10.1. The van der Waals surface area contributed by atoms with Gasteiger partial charge in [-0.1, -0.05) is 0 Å². The number of hydrogen-bond acceptors (Lipinski definition) is 4. The zero-order valence-corrected chi connectivity index (χ0v) is 19.6. The molecule has 0 aliphatic heterocycles. The van der Waals surface area contributed by atoms with Crippen molar-refractivity contribution in [2.24, 2.45) is 0 Å². The summed E-state index contributed by atoms with van der Waals surface area (Å²) in [5.41, 5.74) is 0.877. The van der Waals surface area contributed by atoms with Crippen LogP contribution in [0.15, 0.2) is 18.2 Å². The number of hydrogen-bond donors (Lipinski definition) is 0. The van der Waals surface area contributed by atoms with Crippen molar-refractivity contribution in [1.29, 1.82) is 0 Å². The third kappa shape index (κ3) is 9.29. The smallest absolute Gasteiger partial charge is 0.296 e. The van der Waals surface area contributed by atoms with Gasteiger partial charge in [0, 0.05) is 6.07 Å². The molecule has 0 fully saturated rings. The van der Waals surface area contributed by atoms with E-state index in [1.54, 1.807) is 0 Å². The van der Waals surface area contributed by atoms with Gasteiger partial charge in [-0.15, -0.1) is 0 Å². The van der Waals surface area contributed by atoms with Crippen LogP contribution in [0.2, 0.25) is 58.9 Å². The third-order valence-electron chi connectivity index (χ3n) is 2.56. The van der Waals surface area contributed by atoms with Crippen LogP contribution in [0.4, 0.5) is 0 Å². The van der Waals surface area contributed by atoms with Gasteiger partial charge in [0.05, 0.1) is 6.42 Å². The molecular formula is C17H32O4Si3. The van der Waals surface area contributed by atoms with E-state index in [9.17, 15) is 4.79 Å². The van der Waals surface area contributed by atoms with Crippen LogP contribution in [-0.2, 0) is 15.6 Å². The molecule has 0 aliphatic carbocycles. The molecule has 0 aliphatic rings. The molecule has 0 N–H and O–H groups in total. The molecule has 0 amide bonds. The Balaban J connectivity index is 3.07. The van der Waals surface area contributed by atoms with Gasteiger partial charge in [0.2, 0.25) is 25.0 Å². The van der Waals surface area contributed by atoms with Crippen molar-refractivity contribution in [3.63, 3.8) is 0 Å². The quantitative estimate of drug-likeness (QED) is 0.618. The molecule has 0 unspecified atom stereocenters. The van der Waals surface area contributed by atoms with Crippen LogP contribution in [-0.4, -0.2) is 30.9 Å². The molecule has 4 nitrogen and oxygen atoms in total. The number of carbonyl (C=O) groups excluding carboxylic acids is 1. The Labute approximate surface area is 149 Å². The molecule has 0 heterocycles. The average molecular weight is 385 g/mol. The molecule has 136 valence electrons. The zero-order chi connectivity index (χ0) is 18.8. The Hall–Kier alpha value is -1.06. The lowest BCUT2D eigenvalue weighted by Crippen LogP contribution is -2.31. The van der Waals surface area contributed by atoms with Gasteiger partial charge in [0.15, 0.2) is 0 Å². The summed E-state index contributed by atoms with van der Waals surface area (Å²) in [5, 5.41) is 0. The van der Waals surface area contributed by atoms with Crippen molar-refractivity contribution in [3.05, 3.63) is 23.8 Å². The zero-order valence-electron chi connectivity index (χ0n) is 16.6.